The lowest BCUT2D eigenvalue weighted by atomic mass is 9.98. The number of benzene rings is 1. The maximum absolute atomic E-state index is 12.7. The second-order valence-electron chi connectivity index (χ2n) is 5.98. The van der Waals surface area contributed by atoms with Crippen LogP contribution in [-0.2, 0) is 4.79 Å². The summed E-state index contributed by atoms with van der Waals surface area (Å²) >= 11 is 3.37. The average molecular weight is 370 g/mol. The number of likely N-dealkylation sites (tertiary alicyclic amines) is 1. The quantitative estimate of drug-likeness (QED) is 0.883. The van der Waals surface area contributed by atoms with Crippen LogP contribution in [0.2, 0.25) is 0 Å². The largest absolute Gasteiger partial charge is 0.491 e. The molecule has 1 unspecified atom stereocenters. The second-order valence-corrected chi connectivity index (χ2v) is 6.90. The van der Waals surface area contributed by atoms with E-state index in [4.69, 9.17) is 4.74 Å². The number of carbonyl (C=O) groups excluding carboxylic acids is 1. The van der Waals surface area contributed by atoms with E-state index >= 15 is 0 Å². The average Bonchev–Trinajstić information content (AvgIpc) is 2.80. The maximum Gasteiger partial charge on any atom is 0.329 e. The summed E-state index contributed by atoms with van der Waals surface area (Å²) in [5, 5.41) is 9.44. The molecule has 120 valence electrons. The van der Waals surface area contributed by atoms with E-state index < -0.39 is 11.5 Å². The molecular formula is C16H20BrNO4. The van der Waals surface area contributed by atoms with Gasteiger partial charge in [-0.05, 0) is 51.8 Å². The van der Waals surface area contributed by atoms with Crippen molar-refractivity contribution in [1.82, 2.24) is 4.90 Å². The van der Waals surface area contributed by atoms with Gasteiger partial charge in [0.2, 0.25) is 0 Å². The molecule has 0 spiro atoms. The molecule has 0 bridgehead atoms. The zero-order chi connectivity index (χ0) is 16.5. The Kier molecular flexibility index (Phi) is 4.80. The van der Waals surface area contributed by atoms with E-state index in [-0.39, 0.29) is 12.0 Å². The van der Waals surface area contributed by atoms with Crippen LogP contribution in [0.1, 0.15) is 44.0 Å². The van der Waals surface area contributed by atoms with Crippen LogP contribution in [0.5, 0.6) is 5.75 Å². The van der Waals surface area contributed by atoms with E-state index in [2.05, 4.69) is 15.9 Å². The number of carbonyl (C=O) groups is 2. The molecule has 1 atom stereocenters. The van der Waals surface area contributed by atoms with E-state index in [0.29, 0.717) is 30.7 Å². The number of amides is 1. The van der Waals surface area contributed by atoms with Crippen molar-refractivity contribution in [1.29, 1.82) is 0 Å². The summed E-state index contributed by atoms with van der Waals surface area (Å²) in [5.41, 5.74) is -0.710. The number of aliphatic carboxylic acids is 1. The standard InChI is InChI=1S/C16H20BrNO4/c1-10(2)22-13-8-11(7-12(17)9-13)14(19)18-6-4-5-16(18,3)15(20)21/h7-10H,4-6H2,1-3H3,(H,20,21). The normalized spacial score (nSPS) is 21.2. The molecule has 22 heavy (non-hydrogen) atoms. The summed E-state index contributed by atoms with van der Waals surface area (Å²) in [6, 6.07) is 5.14. The highest BCUT2D eigenvalue weighted by atomic mass is 79.9. The molecule has 2 rings (SSSR count). The zero-order valence-electron chi connectivity index (χ0n) is 12.9. The summed E-state index contributed by atoms with van der Waals surface area (Å²) < 4.78 is 6.36. The Hall–Kier alpha value is -1.56. The van der Waals surface area contributed by atoms with Gasteiger partial charge in [0.25, 0.3) is 5.91 Å². The molecule has 1 aliphatic heterocycles. The van der Waals surface area contributed by atoms with E-state index in [9.17, 15) is 14.7 Å². The van der Waals surface area contributed by atoms with Crippen LogP contribution in [0.15, 0.2) is 22.7 Å². The van der Waals surface area contributed by atoms with Crippen LogP contribution in [0.25, 0.3) is 0 Å². The van der Waals surface area contributed by atoms with Gasteiger partial charge in [0.05, 0.1) is 6.10 Å². The van der Waals surface area contributed by atoms with E-state index in [0.717, 1.165) is 4.47 Å². The summed E-state index contributed by atoms with van der Waals surface area (Å²) in [6.07, 6.45) is 1.16. The smallest absolute Gasteiger partial charge is 0.329 e. The zero-order valence-corrected chi connectivity index (χ0v) is 14.5. The highest BCUT2D eigenvalue weighted by Gasteiger charge is 2.46. The van der Waals surface area contributed by atoms with Crippen LogP contribution in [0, 0.1) is 0 Å². The molecule has 1 saturated heterocycles. The molecule has 1 heterocycles. The van der Waals surface area contributed by atoms with Crippen molar-refractivity contribution < 1.29 is 19.4 Å². The van der Waals surface area contributed by atoms with Gasteiger partial charge >= 0.3 is 5.97 Å². The Morgan fingerprint density at radius 2 is 2.05 bits per heavy atom. The summed E-state index contributed by atoms with van der Waals surface area (Å²) in [7, 11) is 0. The molecule has 1 aromatic carbocycles. The van der Waals surface area contributed by atoms with Crippen LogP contribution in [-0.4, -0.2) is 40.1 Å². The lowest BCUT2D eigenvalue weighted by Crippen LogP contribution is -2.50. The molecule has 0 aliphatic carbocycles. The first-order valence-electron chi connectivity index (χ1n) is 7.26. The third kappa shape index (κ3) is 3.27. The van der Waals surface area contributed by atoms with Gasteiger partial charge in [-0.2, -0.15) is 0 Å². The number of nitrogens with zero attached hydrogens (tertiary/aromatic N) is 1. The maximum atomic E-state index is 12.7. The first-order valence-corrected chi connectivity index (χ1v) is 8.06. The summed E-state index contributed by atoms with van der Waals surface area (Å²) in [5.74, 6) is -0.659. The molecule has 0 saturated carbocycles. The molecule has 0 radical (unpaired) electrons. The van der Waals surface area contributed by atoms with Crippen LogP contribution < -0.4 is 4.74 Å². The molecule has 6 heteroatoms. The lowest BCUT2D eigenvalue weighted by Gasteiger charge is -2.31. The fourth-order valence-electron chi connectivity index (χ4n) is 2.69. The Morgan fingerprint density at radius 3 is 2.64 bits per heavy atom. The van der Waals surface area contributed by atoms with Crippen LogP contribution in [0.3, 0.4) is 0 Å². The van der Waals surface area contributed by atoms with Crippen molar-refractivity contribution in [3.63, 3.8) is 0 Å². The first-order chi connectivity index (χ1) is 10.2. The van der Waals surface area contributed by atoms with Crippen molar-refractivity contribution in [3.8, 4) is 5.75 Å². The summed E-state index contributed by atoms with van der Waals surface area (Å²) in [6.45, 7) is 5.87. The van der Waals surface area contributed by atoms with Gasteiger partial charge in [-0.15, -0.1) is 0 Å². The number of hydrogen-bond donors (Lipinski definition) is 1. The van der Waals surface area contributed by atoms with Gasteiger partial charge in [-0.1, -0.05) is 15.9 Å². The van der Waals surface area contributed by atoms with Gasteiger partial charge in [0.1, 0.15) is 11.3 Å². The molecule has 1 amide bonds. The minimum atomic E-state index is -1.14. The number of hydrogen-bond acceptors (Lipinski definition) is 3. The Bertz CT molecular complexity index is 602. The third-order valence-electron chi connectivity index (χ3n) is 3.84. The SMILES string of the molecule is CC(C)Oc1cc(Br)cc(C(=O)N2CCCC2(C)C(=O)O)c1. The number of carboxylic acid groups (broad SMARTS) is 1. The van der Waals surface area contributed by atoms with E-state index in [1.165, 1.54) is 4.90 Å². The van der Waals surface area contributed by atoms with Gasteiger partial charge in [-0.3, -0.25) is 4.79 Å². The van der Waals surface area contributed by atoms with Crippen molar-refractivity contribution >= 4 is 27.8 Å². The fraction of sp³-hybridized carbons (Fsp3) is 0.500. The molecule has 1 N–H and O–H groups in total. The highest BCUT2D eigenvalue weighted by molar-refractivity contribution is 9.10. The van der Waals surface area contributed by atoms with Crippen molar-refractivity contribution in [2.75, 3.05) is 6.54 Å². The monoisotopic (exact) mass is 369 g/mol. The van der Waals surface area contributed by atoms with E-state index in [1.807, 2.05) is 13.8 Å². The molecule has 5 nitrogen and oxygen atoms in total. The van der Waals surface area contributed by atoms with Gasteiger partial charge in [0.15, 0.2) is 0 Å². The van der Waals surface area contributed by atoms with Crippen molar-refractivity contribution in [2.45, 2.75) is 45.3 Å². The third-order valence-corrected chi connectivity index (χ3v) is 4.29. The number of ether oxygens (including phenoxy) is 1. The van der Waals surface area contributed by atoms with Gasteiger partial charge in [-0.25, -0.2) is 4.79 Å². The molecule has 1 fully saturated rings. The van der Waals surface area contributed by atoms with Gasteiger partial charge < -0.3 is 14.7 Å². The topological polar surface area (TPSA) is 66.8 Å². The van der Waals surface area contributed by atoms with Crippen LogP contribution in [0.4, 0.5) is 0 Å². The molecule has 0 aromatic heterocycles. The fourth-order valence-corrected chi connectivity index (χ4v) is 3.17. The number of rotatable bonds is 4. The van der Waals surface area contributed by atoms with Crippen molar-refractivity contribution in [2.24, 2.45) is 0 Å². The predicted molar refractivity (Wildman–Crippen MR) is 86.2 cm³/mol. The molecular weight excluding hydrogens is 350 g/mol. The summed E-state index contributed by atoms with van der Waals surface area (Å²) in [4.78, 5) is 25.7. The Morgan fingerprint density at radius 1 is 1.36 bits per heavy atom. The minimum absolute atomic E-state index is 0.00618. The minimum Gasteiger partial charge on any atom is -0.491 e. The highest BCUT2D eigenvalue weighted by Crippen LogP contribution is 2.32. The molecule has 1 aromatic rings. The number of halogens is 1. The van der Waals surface area contributed by atoms with E-state index in [1.54, 1.807) is 25.1 Å². The molecule has 1 aliphatic rings. The Labute approximate surface area is 138 Å². The second kappa shape index (κ2) is 6.28. The first kappa shape index (κ1) is 16.8. The van der Waals surface area contributed by atoms with Crippen molar-refractivity contribution in [3.05, 3.63) is 28.2 Å². The Balaban J connectivity index is 2.33. The van der Waals surface area contributed by atoms with Gasteiger partial charge in [0, 0.05) is 16.6 Å². The van der Waals surface area contributed by atoms with Crippen LogP contribution >= 0.6 is 15.9 Å². The predicted octanol–water partition coefficient (Wildman–Crippen LogP) is 3.32. The number of carboxylic acids is 1. The lowest BCUT2D eigenvalue weighted by molar-refractivity contribution is -0.147.